The summed E-state index contributed by atoms with van der Waals surface area (Å²) in [7, 11) is 1.59. The van der Waals surface area contributed by atoms with E-state index in [1.807, 2.05) is 70.2 Å². The zero-order valence-corrected chi connectivity index (χ0v) is 17.4. The van der Waals surface area contributed by atoms with Gasteiger partial charge in [0.05, 0.1) is 0 Å². The van der Waals surface area contributed by atoms with Crippen molar-refractivity contribution in [3.63, 3.8) is 0 Å². The minimum atomic E-state index is -0.540. The number of nitrogens with one attached hydrogen (secondary N) is 1. The van der Waals surface area contributed by atoms with Gasteiger partial charge in [-0.25, -0.2) is 0 Å². The molecule has 5 nitrogen and oxygen atoms in total. The molecule has 28 heavy (non-hydrogen) atoms. The van der Waals surface area contributed by atoms with E-state index in [-0.39, 0.29) is 18.4 Å². The van der Waals surface area contributed by atoms with Crippen molar-refractivity contribution in [3.8, 4) is 5.75 Å². The van der Waals surface area contributed by atoms with Gasteiger partial charge in [0, 0.05) is 13.6 Å². The normalized spacial score (nSPS) is 11.6. The second-order valence-electron chi connectivity index (χ2n) is 7.08. The molecule has 0 saturated carbocycles. The van der Waals surface area contributed by atoms with E-state index >= 15 is 0 Å². The first-order valence-corrected chi connectivity index (χ1v) is 9.62. The molecule has 0 aliphatic heterocycles. The second-order valence-corrected chi connectivity index (χ2v) is 7.08. The van der Waals surface area contributed by atoms with E-state index in [2.05, 4.69) is 5.32 Å². The summed E-state index contributed by atoms with van der Waals surface area (Å²) in [5.41, 5.74) is 4.38. The number of ether oxygens (including phenoxy) is 1. The van der Waals surface area contributed by atoms with Crippen LogP contribution in [0.4, 0.5) is 0 Å². The number of hydrogen-bond acceptors (Lipinski definition) is 3. The number of carbonyl (C=O) groups excluding carboxylic acids is 2. The number of rotatable bonds is 8. The Morgan fingerprint density at radius 1 is 1.07 bits per heavy atom. The van der Waals surface area contributed by atoms with Crippen LogP contribution < -0.4 is 10.1 Å². The van der Waals surface area contributed by atoms with E-state index in [0.29, 0.717) is 18.7 Å². The van der Waals surface area contributed by atoms with Crippen LogP contribution in [0.1, 0.15) is 35.6 Å². The van der Waals surface area contributed by atoms with Crippen molar-refractivity contribution < 1.29 is 14.3 Å². The number of amides is 2. The third-order valence-corrected chi connectivity index (χ3v) is 4.91. The highest BCUT2D eigenvalue weighted by Crippen LogP contribution is 2.18. The molecule has 0 fully saturated rings. The maximum absolute atomic E-state index is 13.0. The first-order chi connectivity index (χ1) is 13.3. The molecule has 2 aromatic carbocycles. The van der Waals surface area contributed by atoms with Gasteiger partial charge in [-0.2, -0.15) is 0 Å². The molecule has 1 N–H and O–H groups in total. The third-order valence-electron chi connectivity index (χ3n) is 4.91. The van der Waals surface area contributed by atoms with Gasteiger partial charge in [-0.05, 0) is 56.0 Å². The average molecular weight is 383 g/mol. The van der Waals surface area contributed by atoms with E-state index in [1.165, 1.54) is 5.56 Å². The molecule has 1 atom stereocenters. The Hall–Kier alpha value is -2.82. The van der Waals surface area contributed by atoms with Gasteiger partial charge in [0.1, 0.15) is 11.8 Å². The highest BCUT2D eigenvalue weighted by Gasteiger charge is 2.28. The van der Waals surface area contributed by atoms with Gasteiger partial charge in [-0.3, -0.25) is 9.59 Å². The lowest BCUT2D eigenvalue weighted by molar-refractivity contribution is -0.142. The molecule has 0 aliphatic rings. The van der Waals surface area contributed by atoms with E-state index < -0.39 is 6.04 Å². The molecule has 150 valence electrons. The molecule has 0 saturated heterocycles. The Morgan fingerprint density at radius 3 is 2.43 bits per heavy atom. The Kier molecular flexibility index (Phi) is 7.61. The van der Waals surface area contributed by atoms with Gasteiger partial charge >= 0.3 is 0 Å². The molecule has 0 aromatic heterocycles. The number of carbonyl (C=O) groups is 2. The molecule has 1 unspecified atom stereocenters. The van der Waals surface area contributed by atoms with Gasteiger partial charge < -0.3 is 15.0 Å². The molecule has 0 aliphatic carbocycles. The van der Waals surface area contributed by atoms with Crippen LogP contribution in [0.15, 0.2) is 42.5 Å². The maximum Gasteiger partial charge on any atom is 0.261 e. The summed E-state index contributed by atoms with van der Waals surface area (Å²) in [4.78, 5) is 27.0. The van der Waals surface area contributed by atoms with Crippen LogP contribution in [0.3, 0.4) is 0 Å². The lowest BCUT2D eigenvalue weighted by Gasteiger charge is -2.30. The van der Waals surface area contributed by atoms with Crippen molar-refractivity contribution in [1.29, 1.82) is 0 Å². The summed E-state index contributed by atoms with van der Waals surface area (Å²) in [6.07, 6.45) is 0.529. The molecule has 5 heteroatoms. The zero-order chi connectivity index (χ0) is 20.7. The Morgan fingerprint density at radius 2 is 1.82 bits per heavy atom. The lowest BCUT2D eigenvalue weighted by Crippen LogP contribution is -2.49. The number of benzene rings is 2. The second kappa shape index (κ2) is 9.93. The first kappa shape index (κ1) is 21.5. The van der Waals surface area contributed by atoms with Gasteiger partial charge in [-0.1, -0.05) is 42.8 Å². The molecular formula is C23H30N2O3. The fraction of sp³-hybridized carbons (Fsp3) is 0.391. The van der Waals surface area contributed by atoms with Crippen molar-refractivity contribution in [2.45, 2.75) is 46.7 Å². The average Bonchev–Trinajstić information content (AvgIpc) is 2.68. The van der Waals surface area contributed by atoms with Gasteiger partial charge in [0.15, 0.2) is 6.61 Å². The number of aryl methyl sites for hydroxylation is 3. The van der Waals surface area contributed by atoms with Crippen LogP contribution in [0.2, 0.25) is 0 Å². The zero-order valence-electron chi connectivity index (χ0n) is 17.4. The van der Waals surface area contributed by atoms with Crippen LogP contribution in [0, 0.1) is 20.8 Å². The van der Waals surface area contributed by atoms with E-state index in [9.17, 15) is 9.59 Å². The summed E-state index contributed by atoms with van der Waals surface area (Å²) >= 11 is 0. The van der Waals surface area contributed by atoms with Crippen LogP contribution in [0.25, 0.3) is 0 Å². The topological polar surface area (TPSA) is 58.6 Å². The fourth-order valence-corrected chi connectivity index (χ4v) is 3.12. The molecular weight excluding hydrogens is 352 g/mol. The highest BCUT2D eigenvalue weighted by atomic mass is 16.5. The molecule has 0 spiro atoms. The molecule has 0 bridgehead atoms. The van der Waals surface area contributed by atoms with Gasteiger partial charge in [0.25, 0.3) is 5.91 Å². The first-order valence-electron chi connectivity index (χ1n) is 9.62. The standard InChI is InChI=1S/C23H30N2O3/c1-6-21(23(27)24-5)25(14-19-9-7-8-16(2)12-19)22(26)15-28-20-11-10-17(3)18(4)13-20/h7-13,21H,6,14-15H2,1-5H3,(H,24,27). The molecule has 0 radical (unpaired) electrons. The number of nitrogens with zero attached hydrogens (tertiary/aromatic N) is 1. The molecule has 2 rings (SSSR count). The Balaban J connectivity index is 2.19. The highest BCUT2D eigenvalue weighted by molar-refractivity contribution is 5.88. The van der Waals surface area contributed by atoms with Crippen molar-refractivity contribution in [2.24, 2.45) is 0 Å². The smallest absolute Gasteiger partial charge is 0.261 e. The van der Waals surface area contributed by atoms with Crippen LogP contribution >= 0.6 is 0 Å². The summed E-state index contributed by atoms with van der Waals surface area (Å²) in [5.74, 6) is 0.268. The quantitative estimate of drug-likeness (QED) is 0.760. The Labute approximate surface area is 167 Å². The summed E-state index contributed by atoms with van der Waals surface area (Å²) in [5, 5.41) is 2.66. The number of hydrogen-bond donors (Lipinski definition) is 1. The summed E-state index contributed by atoms with van der Waals surface area (Å²) in [6, 6.07) is 13.2. The Bertz CT molecular complexity index is 832. The minimum Gasteiger partial charge on any atom is -0.484 e. The minimum absolute atomic E-state index is 0.109. The van der Waals surface area contributed by atoms with Crippen molar-refractivity contribution in [2.75, 3.05) is 13.7 Å². The largest absolute Gasteiger partial charge is 0.484 e. The van der Waals surface area contributed by atoms with Crippen LogP contribution in [-0.2, 0) is 16.1 Å². The predicted octanol–water partition coefficient (Wildman–Crippen LogP) is 3.54. The number of likely N-dealkylation sites (N-methyl/N-ethyl adjacent to an activating group) is 1. The molecule has 0 heterocycles. The maximum atomic E-state index is 13.0. The predicted molar refractivity (Wildman–Crippen MR) is 111 cm³/mol. The third kappa shape index (κ3) is 5.59. The van der Waals surface area contributed by atoms with E-state index in [4.69, 9.17) is 4.74 Å². The van der Waals surface area contributed by atoms with E-state index in [0.717, 1.165) is 16.7 Å². The van der Waals surface area contributed by atoms with Crippen molar-refractivity contribution in [1.82, 2.24) is 10.2 Å². The van der Waals surface area contributed by atoms with Crippen LogP contribution in [0.5, 0.6) is 5.75 Å². The summed E-state index contributed by atoms with van der Waals surface area (Å²) in [6.45, 7) is 8.20. The van der Waals surface area contributed by atoms with Crippen molar-refractivity contribution in [3.05, 3.63) is 64.7 Å². The fourth-order valence-electron chi connectivity index (χ4n) is 3.12. The van der Waals surface area contributed by atoms with Gasteiger partial charge in [-0.15, -0.1) is 0 Å². The lowest BCUT2D eigenvalue weighted by atomic mass is 10.1. The summed E-state index contributed by atoms with van der Waals surface area (Å²) < 4.78 is 5.73. The van der Waals surface area contributed by atoms with Gasteiger partial charge in [0.2, 0.25) is 5.91 Å². The monoisotopic (exact) mass is 382 g/mol. The molecule has 2 aromatic rings. The van der Waals surface area contributed by atoms with E-state index in [1.54, 1.807) is 11.9 Å². The molecule has 2 amide bonds. The SMILES string of the molecule is CCC(C(=O)NC)N(Cc1cccc(C)c1)C(=O)COc1ccc(C)c(C)c1. The van der Waals surface area contributed by atoms with Crippen molar-refractivity contribution >= 4 is 11.8 Å². The van der Waals surface area contributed by atoms with Crippen LogP contribution in [-0.4, -0.2) is 36.4 Å².